The van der Waals surface area contributed by atoms with Crippen molar-refractivity contribution in [3.05, 3.63) is 83.4 Å². The van der Waals surface area contributed by atoms with Gasteiger partial charge >= 0.3 is 0 Å². The summed E-state index contributed by atoms with van der Waals surface area (Å²) in [6.45, 7) is 8.47. The molecule has 0 N–H and O–H groups in total. The van der Waals surface area contributed by atoms with Crippen LogP contribution in [0.1, 0.15) is 43.9 Å². The highest BCUT2D eigenvalue weighted by molar-refractivity contribution is 5.42. The third-order valence-corrected chi connectivity index (χ3v) is 5.13. The number of aryl methyl sites for hydroxylation is 2. The molecule has 0 heterocycles. The molecule has 0 fully saturated rings. The van der Waals surface area contributed by atoms with Crippen molar-refractivity contribution in [2.75, 3.05) is 19.8 Å². The van der Waals surface area contributed by atoms with Gasteiger partial charge in [-0.3, -0.25) is 0 Å². The Balaban J connectivity index is 1.62. The van der Waals surface area contributed by atoms with Crippen molar-refractivity contribution >= 4 is 0 Å². The molecule has 0 aromatic heterocycles. The molecule has 0 aliphatic carbocycles. The first-order valence-corrected chi connectivity index (χ1v) is 11.5. The van der Waals surface area contributed by atoms with Crippen LogP contribution in [0, 0.1) is 0 Å². The van der Waals surface area contributed by atoms with Gasteiger partial charge in [0.15, 0.2) is 0 Å². The maximum absolute atomic E-state index is 5.97. The van der Waals surface area contributed by atoms with E-state index in [1.165, 1.54) is 11.1 Å². The van der Waals surface area contributed by atoms with E-state index in [-0.39, 0.29) is 0 Å². The summed E-state index contributed by atoms with van der Waals surface area (Å²) in [5, 5.41) is 0. The maximum Gasteiger partial charge on any atom is 0.126 e. The predicted octanol–water partition coefficient (Wildman–Crippen LogP) is 6.64. The van der Waals surface area contributed by atoms with Crippen molar-refractivity contribution in [3.8, 4) is 23.0 Å². The average Bonchev–Trinajstić information content (AvgIpc) is 2.81. The van der Waals surface area contributed by atoms with Crippen LogP contribution in [0.25, 0.3) is 0 Å². The molecule has 0 bridgehead atoms. The van der Waals surface area contributed by atoms with Crippen LogP contribution in [0.3, 0.4) is 0 Å². The van der Waals surface area contributed by atoms with Crippen LogP contribution >= 0.6 is 0 Å². The molecule has 0 aliphatic heterocycles. The SMILES string of the molecule is CCOc1ccc(CCCc2ccc(OCc3ccccc3)cc2OCC)c(OCC)c1. The highest BCUT2D eigenvalue weighted by atomic mass is 16.5. The molecular formula is C28H34O4. The standard InChI is InChI=1S/C28H34O4/c1-4-29-25-17-15-23(27(19-25)30-5-2)13-10-14-24-16-18-26(20-28(24)31-6-3)32-21-22-11-8-7-9-12-22/h7-9,11-12,15-20H,4-6,10,13-14,21H2,1-3H3. The molecular weight excluding hydrogens is 400 g/mol. The van der Waals surface area contributed by atoms with E-state index >= 15 is 0 Å². The molecule has 0 unspecified atom stereocenters. The van der Waals surface area contributed by atoms with Gasteiger partial charge < -0.3 is 18.9 Å². The first-order valence-electron chi connectivity index (χ1n) is 11.5. The molecule has 32 heavy (non-hydrogen) atoms. The smallest absolute Gasteiger partial charge is 0.126 e. The lowest BCUT2D eigenvalue weighted by molar-refractivity contribution is 0.298. The largest absolute Gasteiger partial charge is 0.494 e. The van der Waals surface area contributed by atoms with Gasteiger partial charge in [-0.1, -0.05) is 42.5 Å². The minimum atomic E-state index is 0.545. The second-order valence-electron chi connectivity index (χ2n) is 7.47. The zero-order chi connectivity index (χ0) is 22.6. The first-order chi connectivity index (χ1) is 15.7. The first kappa shape index (κ1) is 23.5. The van der Waals surface area contributed by atoms with Crippen molar-refractivity contribution < 1.29 is 18.9 Å². The molecule has 0 atom stereocenters. The van der Waals surface area contributed by atoms with E-state index in [1.54, 1.807) is 0 Å². The number of hydrogen-bond donors (Lipinski definition) is 0. The van der Waals surface area contributed by atoms with Gasteiger partial charge in [0.25, 0.3) is 0 Å². The van der Waals surface area contributed by atoms with Crippen molar-refractivity contribution in [1.82, 2.24) is 0 Å². The maximum atomic E-state index is 5.97. The Kier molecular flexibility index (Phi) is 9.30. The number of benzene rings is 3. The van der Waals surface area contributed by atoms with E-state index in [1.807, 2.05) is 63.2 Å². The second kappa shape index (κ2) is 12.7. The lowest BCUT2D eigenvalue weighted by Gasteiger charge is -2.15. The molecule has 4 nitrogen and oxygen atoms in total. The van der Waals surface area contributed by atoms with E-state index in [9.17, 15) is 0 Å². The molecule has 0 aliphatic rings. The molecule has 0 saturated carbocycles. The minimum Gasteiger partial charge on any atom is -0.494 e. The van der Waals surface area contributed by atoms with Gasteiger partial charge in [-0.15, -0.1) is 0 Å². The van der Waals surface area contributed by atoms with Crippen LogP contribution in [0.5, 0.6) is 23.0 Å². The molecule has 4 heteroatoms. The lowest BCUT2D eigenvalue weighted by Crippen LogP contribution is -2.02. The zero-order valence-corrected chi connectivity index (χ0v) is 19.4. The van der Waals surface area contributed by atoms with Crippen molar-refractivity contribution in [3.63, 3.8) is 0 Å². The fraction of sp³-hybridized carbons (Fsp3) is 0.357. The summed E-state index contributed by atoms with van der Waals surface area (Å²) in [7, 11) is 0. The molecule has 0 spiro atoms. The fourth-order valence-corrected chi connectivity index (χ4v) is 3.62. The van der Waals surface area contributed by atoms with Crippen LogP contribution in [-0.2, 0) is 19.4 Å². The van der Waals surface area contributed by atoms with Crippen LogP contribution in [0.15, 0.2) is 66.7 Å². The van der Waals surface area contributed by atoms with E-state index in [4.69, 9.17) is 18.9 Å². The number of hydrogen-bond acceptors (Lipinski definition) is 4. The molecule has 0 amide bonds. The van der Waals surface area contributed by atoms with Gasteiger partial charge in [0, 0.05) is 12.1 Å². The van der Waals surface area contributed by atoms with Gasteiger partial charge in [-0.25, -0.2) is 0 Å². The van der Waals surface area contributed by atoms with Crippen LogP contribution < -0.4 is 18.9 Å². The lowest BCUT2D eigenvalue weighted by atomic mass is 10.0. The summed E-state index contributed by atoms with van der Waals surface area (Å²) >= 11 is 0. The van der Waals surface area contributed by atoms with Crippen LogP contribution in [-0.4, -0.2) is 19.8 Å². The Labute approximate surface area is 192 Å². The zero-order valence-electron chi connectivity index (χ0n) is 19.4. The monoisotopic (exact) mass is 434 g/mol. The Bertz CT molecular complexity index is 953. The van der Waals surface area contributed by atoms with Crippen LogP contribution in [0.4, 0.5) is 0 Å². The van der Waals surface area contributed by atoms with Gasteiger partial charge in [0.1, 0.15) is 29.6 Å². The van der Waals surface area contributed by atoms with Crippen molar-refractivity contribution in [2.24, 2.45) is 0 Å². The summed E-state index contributed by atoms with van der Waals surface area (Å²) in [6, 6.07) is 22.5. The molecule has 3 rings (SSSR count). The van der Waals surface area contributed by atoms with E-state index in [0.717, 1.165) is 47.8 Å². The predicted molar refractivity (Wildman–Crippen MR) is 129 cm³/mol. The van der Waals surface area contributed by atoms with Gasteiger partial charge in [0.2, 0.25) is 0 Å². The number of ether oxygens (including phenoxy) is 4. The van der Waals surface area contributed by atoms with E-state index in [2.05, 4.69) is 24.3 Å². The third kappa shape index (κ3) is 6.94. The summed E-state index contributed by atoms with van der Waals surface area (Å²) < 4.78 is 23.4. The Hall–Kier alpha value is -3.14. The third-order valence-electron chi connectivity index (χ3n) is 5.13. The summed E-state index contributed by atoms with van der Waals surface area (Å²) in [5.74, 6) is 3.48. The quantitative estimate of drug-likeness (QED) is 0.302. The summed E-state index contributed by atoms with van der Waals surface area (Å²) in [4.78, 5) is 0. The van der Waals surface area contributed by atoms with Gasteiger partial charge in [-0.2, -0.15) is 0 Å². The van der Waals surface area contributed by atoms with Gasteiger partial charge in [-0.05, 0) is 68.9 Å². The summed E-state index contributed by atoms with van der Waals surface area (Å²) in [5.41, 5.74) is 3.55. The number of rotatable bonds is 13. The fourth-order valence-electron chi connectivity index (χ4n) is 3.62. The molecule has 3 aromatic carbocycles. The van der Waals surface area contributed by atoms with Crippen molar-refractivity contribution in [2.45, 2.75) is 46.6 Å². The van der Waals surface area contributed by atoms with E-state index < -0.39 is 0 Å². The topological polar surface area (TPSA) is 36.9 Å². The highest BCUT2D eigenvalue weighted by Gasteiger charge is 2.10. The van der Waals surface area contributed by atoms with Crippen molar-refractivity contribution in [1.29, 1.82) is 0 Å². The van der Waals surface area contributed by atoms with E-state index in [0.29, 0.717) is 26.4 Å². The molecule has 0 radical (unpaired) electrons. The van der Waals surface area contributed by atoms with Crippen LogP contribution in [0.2, 0.25) is 0 Å². The average molecular weight is 435 g/mol. The minimum absolute atomic E-state index is 0.545. The molecule has 0 saturated heterocycles. The Morgan fingerprint density at radius 3 is 1.62 bits per heavy atom. The summed E-state index contributed by atoms with van der Waals surface area (Å²) in [6.07, 6.45) is 2.85. The Morgan fingerprint density at radius 1 is 0.562 bits per heavy atom. The normalized spacial score (nSPS) is 10.6. The molecule has 170 valence electrons. The highest BCUT2D eigenvalue weighted by Crippen LogP contribution is 2.29. The molecule has 3 aromatic rings. The van der Waals surface area contributed by atoms with Gasteiger partial charge in [0.05, 0.1) is 19.8 Å². The Morgan fingerprint density at radius 2 is 1.09 bits per heavy atom. The second-order valence-corrected chi connectivity index (χ2v) is 7.47.